The molecule has 0 radical (unpaired) electrons. The van der Waals surface area contributed by atoms with Crippen LogP contribution in [0.4, 0.5) is 0 Å². The first-order chi connectivity index (χ1) is 30.3. The van der Waals surface area contributed by atoms with Gasteiger partial charge in [-0.05, 0) is 84.9 Å². The number of rotatable bonds is 6. The first-order valence-corrected chi connectivity index (χ1v) is 20.7. The van der Waals surface area contributed by atoms with Crippen molar-refractivity contribution in [1.82, 2.24) is 19.5 Å². The van der Waals surface area contributed by atoms with Crippen molar-refractivity contribution in [2.75, 3.05) is 0 Å². The zero-order chi connectivity index (χ0) is 40.3. The van der Waals surface area contributed by atoms with Crippen LogP contribution in [-0.2, 0) is 0 Å². The molecule has 4 nitrogen and oxygen atoms in total. The zero-order valence-electron chi connectivity index (χ0n) is 33.1. The Bertz CT molecular complexity index is 3600. The van der Waals surface area contributed by atoms with Crippen LogP contribution in [-0.4, -0.2) is 19.5 Å². The highest BCUT2D eigenvalue weighted by molar-refractivity contribution is 6.25. The van der Waals surface area contributed by atoms with Gasteiger partial charge in [-0.15, -0.1) is 0 Å². The predicted molar refractivity (Wildman–Crippen MR) is 254 cm³/mol. The number of benzene rings is 10. The minimum Gasteiger partial charge on any atom is -0.308 e. The summed E-state index contributed by atoms with van der Waals surface area (Å²) in [7, 11) is 0. The van der Waals surface area contributed by atoms with Crippen molar-refractivity contribution in [3.05, 3.63) is 218 Å². The molecule has 12 aromatic rings. The summed E-state index contributed by atoms with van der Waals surface area (Å²) in [6, 6.07) is 77.5. The van der Waals surface area contributed by atoms with Crippen LogP contribution in [0, 0.1) is 0 Å². The van der Waals surface area contributed by atoms with E-state index >= 15 is 0 Å². The molecule has 2 aromatic heterocycles. The molecular weight excluding hydrogens is 741 g/mol. The van der Waals surface area contributed by atoms with E-state index in [9.17, 15) is 0 Å². The van der Waals surface area contributed by atoms with Gasteiger partial charge in [0.15, 0.2) is 17.5 Å². The molecule has 12 rings (SSSR count). The fraction of sp³-hybridized carbons (Fsp3) is 0. The number of fused-ring (bicyclic) bond motifs is 9. The quantitative estimate of drug-likeness (QED) is 0.158. The highest BCUT2D eigenvalue weighted by Gasteiger charge is 2.22. The van der Waals surface area contributed by atoms with Crippen molar-refractivity contribution in [2.24, 2.45) is 0 Å². The predicted octanol–water partition coefficient (Wildman–Crippen LogP) is 14.8. The molecule has 0 fully saturated rings. The van der Waals surface area contributed by atoms with Crippen LogP contribution in [0.15, 0.2) is 218 Å². The Hall–Kier alpha value is -8.21. The fourth-order valence-corrected chi connectivity index (χ4v) is 9.24. The summed E-state index contributed by atoms with van der Waals surface area (Å²) in [5, 5.41) is 9.68. The summed E-state index contributed by atoms with van der Waals surface area (Å²) in [6.45, 7) is 0. The molecule has 61 heavy (non-hydrogen) atoms. The standard InChI is InChI=1S/C57H36N4/c1-4-17-37(18-5-1)40-31-34-49(53(36-40)61-51-29-15-14-27-48(51)54-42(28-16-30-52(54)61)38-19-6-2-7-20-38)57-59-55(39-21-8-3-9-22-39)58-56(60-57)41-32-33-47-45-25-11-10-23-43(45)44-24-12-13-26-46(44)50(47)35-41/h1-36H. The number of hydrogen-bond acceptors (Lipinski definition) is 3. The smallest absolute Gasteiger partial charge is 0.166 e. The fourth-order valence-electron chi connectivity index (χ4n) is 9.24. The van der Waals surface area contributed by atoms with E-state index in [-0.39, 0.29) is 0 Å². The molecule has 10 aromatic carbocycles. The first kappa shape index (κ1) is 34.8. The second kappa shape index (κ2) is 14.3. The van der Waals surface area contributed by atoms with Crippen LogP contribution in [0.5, 0.6) is 0 Å². The van der Waals surface area contributed by atoms with Crippen molar-refractivity contribution in [1.29, 1.82) is 0 Å². The summed E-state index contributed by atoms with van der Waals surface area (Å²) >= 11 is 0. The van der Waals surface area contributed by atoms with Crippen LogP contribution in [0.1, 0.15) is 0 Å². The molecule has 0 bridgehead atoms. The molecule has 0 saturated heterocycles. The lowest BCUT2D eigenvalue weighted by molar-refractivity contribution is 1.07. The molecule has 2 heterocycles. The second-order valence-electron chi connectivity index (χ2n) is 15.5. The maximum Gasteiger partial charge on any atom is 0.166 e. The van der Waals surface area contributed by atoms with E-state index in [1.165, 1.54) is 54.2 Å². The molecule has 284 valence electrons. The van der Waals surface area contributed by atoms with E-state index in [2.05, 4.69) is 205 Å². The van der Waals surface area contributed by atoms with Gasteiger partial charge in [-0.1, -0.05) is 188 Å². The van der Waals surface area contributed by atoms with E-state index in [1.807, 2.05) is 18.2 Å². The van der Waals surface area contributed by atoms with Crippen LogP contribution >= 0.6 is 0 Å². The molecule has 0 spiro atoms. The van der Waals surface area contributed by atoms with Crippen molar-refractivity contribution in [2.45, 2.75) is 0 Å². The highest BCUT2D eigenvalue weighted by atomic mass is 15.1. The molecule has 0 atom stereocenters. The third kappa shape index (κ3) is 5.80. The van der Waals surface area contributed by atoms with Gasteiger partial charge < -0.3 is 4.57 Å². The third-order valence-electron chi connectivity index (χ3n) is 12.0. The lowest BCUT2D eigenvalue weighted by Gasteiger charge is -2.17. The van der Waals surface area contributed by atoms with Crippen LogP contribution in [0.2, 0.25) is 0 Å². The molecule has 0 amide bonds. The molecule has 0 aliphatic carbocycles. The summed E-state index contributed by atoms with van der Waals surface area (Å²) in [6.07, 6.45) is 0. The van der Waals surface area contributed by atoms with Crippen LogP contribution in [0.3, 0.4) is 0 Å². The maximum atomic E-state index is 5.41. The zero-order valence-corrected chi connectivity index (χ0v) is 33.1. The Balaban J connectivity index is 1.14. The second-order valence-corrected chi connectivity index (χ2v) is 15.5. The number of para-hydroxylation sites is 1. The topological polar surface area (TPSA) is 43.6 Å². The van der Waals surface area contributed by atoms with Gasteiger partial charge in [-0.2, -0.15) is 0 Å². The van der Waals surface area contributed by atoms with Gasteiger partial charge in [0.2, 0.25) is 0 Å². The van der Waals surface area contributed by atoms with E-state index in [1.54, 1.807) is 0 Å². The maximum absolute atomic E-state index is 5.41. The summed E-state index contributed by atoms with van der Waals surface area (Å²) in [4.78, 5) is 15.9. The summed E-state index contributed by atoms with van der Waals surface area (Å²) < 4.78 is 2.40. The third-order valence-corrected chi connectivity index (χ3v) is 12.0. The number of nitrogens with zero attached hydrogens (tertiary/aromatic N) is 4. The van der Waals surface area contributed by atoms with E-state index in [0.29, 0.717) is 17.5 Å². The molecule has 0 aliphatic rings. The molecule has 4 heteroatoms. The van der Waals surface area contributed by atoms with Crippen LogP contribution in [0.25, 0.3) is 116 Å². The van der Waals surface area contributed by atoms with Gasteiger partial charge >= 0.3 is 0 Å². The Kier molecular flexibility index (Phi) is 8.13. The van der Waals surface area contributed by atoms with E-state index in [4.69, 9.17) is 15.0 Å². The Morgan fingerprint density at radius 1 is 0.262 bits per heavy atom. The first-order valence-electron chi connectivity index (χ1n) is 20.7. The van der Waals surface area contributed by atoms with Gasteiger partial charge in [-0.25, -0.2) is 15.0 Å². The monoisotopic (exact) mass is 776 g/mol. The summed E-state index contributed by atoms with van der Waals surface area (Å²) in [5.74, 6) is 1.84. The highest BCUT2D eigenvalue weighted by Crippen LogP contribution is 2.42. The van der Waals surface area contributed by atoms with Crippen molar-refractivity contribution in [3.63, 3.8) is 0 Å². The van der Waals surface area contributed by atoms with E-state index < -0.39 is 0 Å². The number of aromatic nitrogens is 4. The van der Waals surface area contributed by atoms with Gasteiger partial charge in [0.25, 0.3) is 0 Å². The number of hydrogen-bond donors (Lipinski definition) is 0. The van der Waals surface area contributed by atoms with Crippen molar-refractivity contribution >= 4 is 54.1 Å². The Labute approximate surface area is 352 Å². The summed E-state index contributed by atoms with van der Waals surface area (Å²) in [5.41, 5.74) is 10.6. The van der Waals surface area contributed by atoms with Crippen molar-refractivity contribution < 1.29 is 0 Å². The normalized spacial score (nSPS) is 11.6. The van der Waals surface area contributed by atoms with Gasteiger partial charge in [0.1, 0.15) is 0 Å². The Morgan fingerprint density at radius 3 is 1.43 bits per heavy atom. The molecule has 0 N–H and O–H groups in total. The largest absolute Gasteiger partial charge is 0.308 e. The SMILES string of the molecule is c1ccc(-c2ccc(-c3nc(-c4ccccc4)nc(-c4ccc5c6ccccc6c6ccccc6c5c4)n3)c(-n3c4ccccc4c4c(-c5ccccc5)cccc43)c2)cc1. The van der Waals surface area contributed by atoms with Crippen LogP contribution < -0.4 is 0 Å². The minimum atomic E-state index is 0.604. The van der Waals surface area contributed by atoms with Gasteiger partial charge in [-0.3, -0.25) is 0 Å². The minimum absolute atomic E-state index is 0.604. The lowest BCUT2D eigenvalue weighted by Crippen LogP contribution is -2.04. The Morgan fingerprint density at radius 2 is 0.754 bits per heavy atom. The van der Waals surface area contributed by atoms with Crippen molar-refractivity contribution in [3.8, 4) is 62.1 Å². The molecule has 0 aliphatic heterocycles. The lowest BCUT2D eigenvalue weighted by atomic mass is 9.93. The molecule has 0 unspecified atom stereocenters. The molecular formula is C57H36N4. The van der Waals surface area contributed by atoms with Gasteiger partial charge in [0, 0.05) is 27.5 Å². The molecule has 0 saturated carbocycles. The van der Waals surface area contributed by atoms with E-state index in [0.717, 1.165) is 44.5 Å². The van der Waals surface area contributed by atoms with Gasteiger partial charge in [0.05, 0.1) is 16.7 Å². The average molecular weight is 777 g/mol. The average Bonchev–Trinajstić information content (AvgIpc) is 3.69.